The van der Waals surface area contributed by atoms with Crippen molar-refractivity contribution >= 4 is 5.97 Å². The topological polar surface area (TPSA) is 66.8 Å². The van der Waals surface area contributed by atoms with Gasteiger partial charge in [-0.05, 0) is 18.6 Å². The van der Waals surface area contributed by atoms with Gasteiger partial charge in [-0.1, -0.05) is 42.8 Å². The zero-order chi connectivity index (χ0) is 15.6. The van der Waals surface area contributed by atoms with Crippen LogP contribution in [0.25, 0.3) is 0 Å². The van der Waals surface area contributed by atoms with Gasteiger partial charge < -0.3 is 14.9 Å². The van der Waals surface area contributed by atoms with E-state index in [1.165, 1.54) is 7.11 Å². The molecule has 0 fully saturated rings. The number of hydrogen-bond donors (Lipinski definition) is 2. The number of ether oxygens (including phenoxy) is 1. The third-order valence-electron chi connectivity index (χ3n) is 3.61. The summed E-state index contributed by atoms with van der Waals surface area (Å²) in [4.78, 5) is 11.3. The zero-order valence-corrected chi connectivity index (χ0v) is 12.3. The minimum absolute atomic E-state index is 0.117. The number of benzene rings is 2. The third-order valence-corrected chi connectivity index (χ3v) is 3.61. The quantitative estimate of drug-likeness (QED) is 0.901. The van der Waals surface area contributed by atoms with Gasteiger partial charge in [0.05, 0.1) is 7.11 Å². The number of aromatic hydroxyl groups is 1. The Hall–Kier alpha value is -2.49. The van der Waals surface area contributed by atoms with Crippen LogP contribution in [0.3, 0.4) is 0 Å². The number of carbonyl (C=O) groups is 1. The lowest BCUT2D eigenvalue weighted by Gasteiger charge is -2.17. The molecule has 0 saturated carbocycles. The smallest absolute Gasteiger partial charge is 0.343 e. The number of aryl methyl sites for hydroxylation is 1. The van der Waals surface area contributed by atoms with E-state index in [9.17, 15) is 15.0 Å². The van der Waals surface area contributed by atoms with E-state index in [2.05, 4.69) is 0 Å². The minimum Gasteiger partial charge on any atom is -0.507 e. The molecule has 0 radical (unpaired) electrons. The highest BCUT2D eigenvalue weighted by Gasteiger charge is 2.22. The number of hydrogen-bond acceptors (Lipinski definition) is 3. The van der Waals surface area contributed by atoms with Gasteiger partial charge in [-0.2, -0.15) is 0 Å². The molecule has 0 aliphatic carbocycles. The summed E-state index contributed by atoms with van der Waals surface area (Å²) >= 11 is 0. The van der Waals surface area contributed by atoms with Gasteiger partial charge in [0.2, 0.25) is 0 Å². The largest absolute Gasteiger partial charge is 0.507 e. The first kappa shape index (κ1) is 14.9. The van der Waals surface area contributed by atoms with Crippen molar-refractivity contribution in [3.8, 4) is 11.5 Å². The summed E-state index contributed by atoms with van der Waals surface area (Å²) in [7, 11) is 1.38. The maximum atomic E-state index is 11.3. The second-order valence-corrected chi connectivity index (χ2v) is 5.02. The van der Waals surface area contributed by atoms with Crippen LogP contribution in [0, 0.1) is 6.92 Å². The number of methoxy groups -OCH3 is 1. The molecule has 1 atom stereocenters. The SMILES string of the molecule is COc1ccc(C(C)c2cccc(C)c2)c(O)c1C(=O)O. The number of rotatable bonds is 4. The van der Waals surface area contributed by atoms with Gasteiger partial charge in [-0.3, -0.25) is 0 Å². The van der Waals surface area contributed by atoms with E-state index in [-0.39, 0.29) is 23.0 Å². The lowest BCUT2D eigenvalue weighted by molar-refractivity contribution is 0.0689. The molecule has 0 saturated heterocycles. The Kier molecular flexibility index (Phi) is 4.17. The normalized spacial score (nSPS) is 12.0. The van der Waals surface area contributed by atoms with Crippen molar-refractivity contribution in [2.75, 3.05) is 7.11 Å². The molecule has 2 rings (SSSR count). The standard InChI is InChI=1S/C17H18O4/c1-10-5-4-6-12(9-10)11(2)13-7-8-14(21-3)15(16(13)18)17(19)20/h4-9,11,18H,1-3H3,(H,19,20). The molecule has 0 aliphatic heterocycles. The van der Waals surface area contributed by atoms with Gasteiger partial charge in [-0.25, -0.2) is 4.79 Å². The lowest BCUT2D eigenvalue weighted by atomic mass is 9.90. The van der Waals surface area contributed by atoms with E-state index in [0.717, 1.165) is 11.1 Å². The van der Waals surface area contributed by atoms with Gasteiger partial charge in [0, 0.05) is 11.5 Å². The predicted molar refractivity (Wildman–Crippen MR) is 80.3 cm³/mol. The summed E-state index contributed by atoms with van der Waals surface area (Å²) in [6.07, 6.45) is 0. The van der Waals surface area contributed by atoms with Crippen LogP contribution in [0.1, 0.15) is 39.9 Å². The van der Waals surface area contributed by atoms with E-state index >= 15 is 0 Å². The highest BCUT2D eigenvalue weighted by atomic mass is 16.5. The summed E-state index contributed by atoms with van der Waals surface area (Å²) in [6.45, 7) is 3.93. The van der Waals surface area contributed by atoms with Crippen molar-refractivity contribution < 1.29 is 19.7 Å². The number of carboxylic acid groups (broad SMARTS) is 1. The molecular weight excluding hydrogens is 268 g/mol. The number of aromatic carboxylic acids is 1. The van der Waals surface area contributed by atoms with E-state index in [1.807, 2.05) is 38.1 Å². The Balaban J connectivity index is 2.54. The van der Waals surface area contributed by atoms with Crippen molar-refractivity contribution in [2.45, 2.75) is 19.8 Å². The van der Waals surface area contributed by atoms with Crippen molar-refractivity contribution in [3.63, 3.8) is 0 Å². The lowest BCUT2D eigenvalue weighted by Crippen LogP contribution is -2.05. The first-order chi connectivity index (χ1) is 9.95. The van der Waals surface area contributed by atoms with Gasteiger partial charge in [-0.15, -0.1) is 0 Å². The van der Waals surface area contributed by atoms with E-state index in [4.69, 9.17) is 4.74 Å². The summed E-state index contributed by atoms with van der Waals surface area (Å²) in [5.74, 6) is -1.41. The fourth-order valence-electron chi connectivity index (χ4n) is 2.43. The Morgan fingerprint density at radius 2 is 1.95 bits per heavy atom. The maximum Gasteiger partial charge on any atom is 0.343 e. The molecule has 0 heterocycles. The molecule has 4 heteroatoms. The fraction of sp³-hybridized carbons (Fsp3) is 0.235. The van der Waals surface area contributed by atoms with Gasteiger partial charge in [0.1, 0.15) is 17.1 Å². The fourth-order valence-corrected chi connectivity index (χ4v) is 2.43. The van der Waals surface area contributed by atoms with Crippen LogP contribution in [0.2, 0.25) is 0 Å². The molecule has 1 unspecified atom stereocenters. The first-order valence-corrected chi connectivity index (χ1v) is 6.65. The molecule has 2 aromatic rings. The van der Waals surface area contributed by atoms with Gasteiger partial charge in [0.25, 0.3) is 0 Å². The minimum atomic E-state index is -1.21. The molecule has 2 N–H and O–H groups in total. The van der Waals surface area contributed by atoms with Crippen molar-refractivity contribution in [1.82, 2.24) is 0 Å². The molecule has 0 aromatic heterocycles. The van der Waals surface area contributed by atoms with Gasteiger partial charge in [0.15, 0.2) is 0 Å². The van der Waals surface area contributed by atoms with Crippen LogP contribution in [0.4, 0.5) is 0 Å². The number of carboxylic acids is 1. The monoisotopic (exact) mass is 286 g/mol. The van der Waals surface area contributed by atoms with Crippen molar-refractivity contribution in [1.29, 1.82) is 0 Å². The Bertz CT molecular complexity index is 676. The average molecular weight is 286 g/mol. The van der Waals surface area contributed by atoms with Crippen LogP contribution in [-0.2, 0) is 0 Å². The van der Waals surface area contributed by atoms with Crippen molar-refractivity contribution in [3.05, 3.63) is 58.7 Å². The van der Waals surface area contributed by atoms with E-state index in [0.29, 0.717) is 5.56 Å². The Labute approximate surface area is 123 Å². The zero-order valence-electron chi connectivity index (χ0n) is 12.3. The maximum absolute atomic E-state index is 11.3. The highest BCUT2D eigenvalue weighted by Crippen LogP contribution is 2.37. The summed E-state index contributed by atoms with van der Waals surface area (Å²) in [6, 6.07) is 11.2. The molecule has 0 spiro atoms. The Morgan fingerprint density at radius 1 is 1.24 bits per heavy atom. The average Bonchev–Trinajstić information content (AvgIpc) is 2.45. The molecule has 21 heavy (non-hydrogen) atoms. The van der Waals surface area contributed by atoms with Crippen molar-refractivity contribution in [2.24, 2.45) is 0 Å². The first-order valence-electron chi connectivity index (χ1n) is 6.65. The third kappa shape index (κ3) is 2.84. The van der Waals surface area contributed by atoms with E-state index < -0.39 is 5.97 Å². The van der Waals surface area contributed by atoms with Crippen LogP contribution < -0.4 is 4.74 Å². The summed E-state index contributed by atoms with van der Waals surface area (Å²) in [5, 5.41) is 19.6. The Morgan fingerprint density at radius 3 is 2.52 bits per heavy atom. The molecule has 0 amide bonds. The molecule has 110 valence electrons. The molecule has 0 bridgehead atoms. The van der Waals surface area contributed by atoms with Gasteiger partial charge >= 0.3 is 5.97 Å². The molecule has 4 nitrogen and oxygen atoms in total. The van der Waals surface area contributed by atoms with Crippen LogP contribution in [0.5, 0.6) is 11.5 Å². The predicted octanol–water partition coefficient (Wildman–Crippen LogP) is 3.56. The van der Waals surface area contributed by atoms with Crippen LogP contribution >= 0.6 is 0 Å². The number of phenols is 1. The molecule has 2 aromatic carbocycles. The van der Waals surface area contributed by atoms with E-state index in [1.54, 1.807) is 12.1 Å². The van der Waals surface area contributed by atoms with Crippen LogP contribution in [-0.4, -0.2) is 23.3 Å². The summed E-state index contributed by atoms with van der Waals surface area (Å²) < 4.78 is 5.01. The second kappa shape index (κ2) is 5.87. The second-order valence-electron chi connectivity index (χ2n) is 5.02. The van der Waals surface area contributed by atoms with Crippen LogP contribution in [0.15, 0.2) is 36.4 Å². The summed E-state index contributed by atoms with van der Waals surface area (Å²) in [5.41, 5.74) is 2.51. The highest BCUT2D eigenvalue weighted by molar-refractivity contribution is 5.94. The molecular formula is C17H18O4. The molecule has 0 aliphatic rings.